The van der Waals surface area contributed by atoms with E-state index in [9.17, 15) is 0 Å². The fraction of sp³-hybridized carbons (Fsp3) is 0.462. The minimum Gasteiger partial charge on any atom is -0.493 e. The van der Waals surface area contributed by atoms with Crippen molar-refractivity contribution in [2.75, 3.05) is 13.7 Å². The number of ether oxygens (including phenoxy) is 2. The summed E-state index contributed by atoms with van der Waals surface area (Å²) in [7, 11) is 1.61. The Morgan fingerprint density at radius 1 is 1.35 bits per heavy atom. The Balaban J connectivity index is 2.75. The second kappa shape index (κ2) is 6.45. The predicted molar refractivity (Wildman–Crippen MR) is 73.8 cm³/mol. The van der Waals surface area contributed by atoms with Crippen molar-refractivity contribution in [3.05, 3.63) is 23.8 Å². The van der Waals surface area contributed by atoms with Gasteiger partial charge in [0, 0.05) is 5.56 Å². The van der Waals surface area contributed by atoms with Crippen LogP contribution in [0.25, 0.3) is 0 Å². The van der Waals surface area contributed by atoms with Crippen molar-refractivity contribution in [2.45, 2.75) is 20.3 Å². The number of rotatable bonds is 6. The second-order valence-electron chi connectivity index (χ2n) is 4.26. The van der Waals surface area contributed by atoms with E-state index in [1.54, 1.807) is 13.2 Å². The van der Waals surface area contributed by atoms with Crippen LogP contribution in [-0.2, 0) is 0 Å². The van der Waals surface area contributed by atoms with Crippen molar-refractivity contribution in [1.82, 2.24) is 0 Å². The molecule has 0 unspecified atom stereocenters. The lowest BCUT2D eigenvalue weighted by molar-refractivity contribution is 0.273. The summed E-state index contributed by atoms with van der Waals surface area (Å²) in [5.41, 5.74) is 6.35. The lowest BCUT2D eigenvalue weighted by atomic mass is 10.1. The summed E-state index contributed by atoms with van der Waals surface area (Å²) in [4.78, 5) is 0.358. The molecule has 0 bridgehead atoms. The highest BCUT2D eigenvalue weighted by molar-refractivity contribution is 7.80. The van der Waals surface area contributed by atoms with Crippen LogP contribution in [0.2, 0.25) is 0 Å². The number of hydrogen-bond donors (Lipinski definition) is 1. The summed E-state index contributed by atoms with van der Waals surface area (Å²) in [5.74, 6) is 2.02. The van der Waals surface area contributed by atoms with Gasteiger partial charge >= 0.3 is 0 Å². The standard InChI is InChI=1S/C13H19NO2S/c1-9(2)6-7-16-11-5-4-10(13(14)17)8-12(11)15-3/h4-5,8-9H,6-7H2,1-3H3,(H2,14,17). The van der Waals surface area contributed by atoms with E-state index in [0.717, 1.165) is 17.7 Å². The van der Waals surface area contributed by atoms with Crippen LogP contribution in [0.4, 0.5) is 0 Å². The first-order chi connectivity index (χ1) is 8.04. The zero-order chi connectivity index (χ0) is 12.8. The van der Waals surface area contributed by atoms with Crippen molar-refractivity contribution in [3.63, 3.8) is 0 Å². The molecule has 1 aromatic carbocycles. The first kappa shape index (κ1) is 13.8. The molecule has 0 fully saturated rings. The lowest BCUT2D eigenvalue weighted by Gasteiger charge is -2.12. The third kappa shape index (κ3) is 4.23. The Labute approximate surface area is 108 Å². The van der Waals surface area contributed by atoms with Crippen molar-refractivity contribution in [1.29, 1.82) is 0 Å². The predicted octanol–water partition coefficient (Wildman–Crippen LogP) is 2.75. The minimum absolute atomic E-state index is 0.358. The molecule has 3 nitrogen and oxygen atoms in total. The Morgan fingerprint density at radius 3 is 2.59 bits per heavy atom. The summed E-state index contributed by atoms with van der Waals surface area (Å²) in [6, 6.07) is 5.48. The van der Waals surface area contributed by atoms with Crippen LogP contribution in [0.15, 0.2) is 18.2 Å². The van der Waals surface area contributed by atoms with E-state index in [1.807, 2.05) is 12.1 Å². The van der Waals surface area contributed by atoms with Crippen molar-refractivity contribution in [2.24, 2.45) is 11.7 Å². The van der Waals surface area contributed by atoms with Crippen molar-refractivity contribution < 1.29 is 9.47 Å². The third-order valence-corrected chi connectivity index (χ3v) is 2.64. The van der Waals surface area contributed by atoms with Crippen LogP contribution < -0.4 is 15.2 Å². The summed E-state index contributed by atoms with van der Waals surface area (Å²) >= 11 is 4.92. The number of benzene rings is 1. The Morgan fingerprint density at radius 2 is 2.06 bits per heavy atom. The van der Waals surface area contributed by atoms with Gasteiger partial charge in [0.2, 0.25) is 0 Å². The van der Waals surface area contributed by atoms with Gasteiger partial charge in [0.25, 0.3) is 0 Å². The monoisotopic (exact) mass is 253 g/mol. The molecule has 0 amide bonds. The second-order valence-corrected chi connectivity index (χ2v) is 4.70. The average Bonchev–Trinajstić information content (AvgIpc) is 2.28. The molecule has 0 atom stereocenters. The molecule has 1 aromatic rings. The van der Waals surface area contributed by atoms with Gasteiger partial charge < -0.3 is 15.2 Å². The highest BCUT2D eigenvalue weighted by Crippen LogP contribution is 2.28. The SMILES string of the molecule is COc1cc(C(N)=S)ccc1OCCC(C)C. The van der Waals surface area contributed by atoms with Gasteiger partial charge in [-0.3, -0.25) is 0 Å². The fourth-order valence-corrected chi connectivity index (χ4v) is 1.47. The van der Waals surface area contributed by atoms with Crippen molar-refractivity contribution in [3.8, 4) is 11.5 Å². The normalized spacial score (nSPS) is 10.4. The van der Waals surface area contributed by atoms with Gasteiger partial charge in [0.15, 0.2) is 11.5 Å². The maximum Gasteiger partial charge on any atom is 0.161 e. The number of hydrogen-bond acceptors (Lipinski definition) is 3. The van der Waals surface area contributed by atoms with Gasteiger partial charge in [0.1, 0.15) is 4.99 Å². The molecule has 0 aliphatic carbocycles. The molecule has 4 heteroatoms. The molecule has 0 saturated carbocycles. The van der Waals surface area contributed by atoms with Gasteiger partial charge in [-0.25, -0.2) is 0 Å². The maximum absolute atomic E-state index is 5.66. The summed E-state index contributed by atoms with van der Waals surface area (Å²) < 4.78 is 10.9. The Kier molecular flexibility index (Phi) is 5.22. The van der Waals surface area contributed by atoms with E-state index in [0.29, 0.717) is 23.3 Å². The fourth-order valence-electron chi connectivity index (χ4n) is 1.34. The van der Waals surface area contributed by atoms with Gasteiger partial charge in [-0.05, 0) is 30.5 Å². The lowest BCUT2D eigenvalue weighted by Crippen LogP contribution is -2.10. The highest BCUT2D eigenvalue weighted by atomic mass is 32.1. The Hall–Kier alpha value is -1.29. The summed E-state index contributed by atoms with van der Waals surface area (Å²) in [6.07, 6.45) is 1.01. The molecule has 0 aliphatic heterocycles. The maximum atomic E-state index is 5.66. The molecule has 0 aromatic heterocycles. The number of nitrogens with two attached hydrogens (primary N) is 1. The van der Waals surface area contributed by atoms with E-state index in [4.69, 9.17) is 27.4 Å². The zero-order valence-corrected chi connectivity index (χ0v) is 11.3. The molecular formula is C13H19NO2S. The molecule has 0 aliphatic rings. The van der Waals surface area contributed by atoms with E-state index in [2.05, 4.69) is 13.8 Å². The Bertz CT molecular complexity index is 391. The largest absolute Gasteiger partial charge is 0.493 e. The molecule has 17 heavy (non-hydrogen) atoms. The molecule has 1 rings (SSSR count). The van der Waals surface area contributed by atoms with Crippen LogP contribution in [0, 0.1) is 5.92 Å². The van der Waals surface area contributed by atoms with Crippen LogP contribution >= 0.6 is 12.2 Å². The van der Waals surface area contributed by atoms with Crippen LogP contribution in [0.3, 0.4) is 0 Å². The first-order valence-corrected chi connectivity index (χ1v) is 6.06. The van der Waals surface area contributed by atoms with E-state index in [1.165, 1.54) is 0 Å². The van der Waals surface area contributed by atoms with Gasteiger partial charge in [0.05, 0.1) is 13.7 Å². The molecule has 0 saturated heterocycles. The van der Waals surface area contributed by atoms with Gasteiger partial charge in [-0.1, -0.05) is 26.1 Å². The van der Waals surface area contributed by atoms with Crippen LogP contribution in [-0.4, -0.2) is 18.7 Å². The van der Waals surface area contributed by atoms with E-state index in [-0.39, 0.29) is 0 Å². The molecule has 2 N–H and O–H groups in total. The van der Waals surface area contributed by atoms with E-state index < -0.39 is 0 Å². The highest BCUT2D eigenvalue weighted by Gasteiger charge is 2.07. The zero-order valence-electron chi connectivity index (χ0n) is 10.5. The molecular weight excluding hydrogens is 234 g/mol. The minimum atomic E-state index is 0.358. The van der Waals surface area contributed by atoms with Gasteiger partial charge in [-0.15, -0.1) is 0 Å². The quantitative estimate of drug-likeness (QED) is 0.792. The number of thiocarbonyl (C=S) groups is 1. The van der Waals surface area contributed by atoms with E-state index >= 15 is 0 Å². The average molecular weight is 253 g/mol. The van der Waals surface area contributed by atoms with Crippen molar-refractivity contribution >= 4 is 17.2 Å². The molecule has 0 heterocycles. The third-order valence-electron chi connectivity index (χ3n) is 2.40. The number of methoxy groups -OCH3 is 1. The summed E-state index contributed by atoms with van der Waals surface area (Å²) in [5, 5.41) is 0. The summed E-state index contributed by atoms with van der Waals surface area (Å²) in [6.45, 7) is 5.01. The smallest absolute Gasteiger partial charge is 0.161 e. The molecule has 0 radical (unpaired) electrons. The van der Waals surface area contributed by atoms with Crippen LogP contribution in [0.1, 0.15) is 25.8 Å². The topological polar surface area (TPSA) is 44.5 Å². The first-order valence-electron chi connectivity index (χ1n) is 5.65. The molecule has 0 spiro atoms. The molecule has 94 valence electrons. The van der Waals surface area contributed by atoms with Gasteiger partial charge in [-0.2, -0.15) is 0 Å². The van der Waals surface area contributed by atoms with Crippen LogP contribution in [0.5, 0.6) is 11.5 Å².